The fourth-order valence-electron chi connectivity index (χ4n) is 3.15. The summed E-state index contributed by atoms with van der Waals surface area (Å²) in [7, 11) is 0. The molecule has 3 rings (SSSR count). The molecule has 0 aliphatic heterocycles. The van der Waals surface area contributed by atoms with E-state index in [9.17, 15) is 4.79 Å². The standard InChI is InChI=1S/C19H22ClN3OS/c1-6-22-18(14-8-7-13(20)10-16(14)25-5)21-23-12(4)9-15(11(2)3)17(23)19(22)24/h7-11H,6H2,1-5H3. The fourth-order valence-corrected chi connectivity index (χ4v) is 4.01. The van der Waals surface area contributed by atoms with Crippen molar-refractivity contribution in [1.82, 2.24) is 14.2 Å². The van der Waals surface area contributed by atoms with E-state index in [1.807, 2.05) is 38.3 Å². The Balaban J connectivity index is 2.42. The average Bonchev–Trinajstić information content (AvgIpc) is 2.92. The summed E-state index contributed by atoms with van der Waals surface area (Å²) in [6.45, 7) is 8.73. The van der Waals surface area contributed by atoms with Gasteiger partial charge < -0.3 is 0 Å². The Morgan fingerprint density at radius 1 is 1.28 bits per heavy atom. The van der Waals surface area contributed by atoms with Crippen molar-refractivity contribution >= 4 is 28.9 Å². The van der Waals surface area contributed by atoms with E-state index in [1.54, 1.807) is 20.8 Å². The smallest absolute Gasteiger partial charge is 0.278 e. The van der Waals surface area contributed by atoms with Crippen LogP contribution >= 0.6 is 23.4 Å². The number of hydrogen-bond acceptors (Lipinski definition) is 3. The lowest BCUT2D eigenvalue weighted by atomic mass is 10.1. The lowest BCUT2D eigenvalue weighted by Gasteiger charge is -2.15. The van der Waals surface area contributed by atoms with Crippen LogP contribution in [-0.2, 0) is 6.54 Å². The Bertz CT molecular complexity index is 1000. The van der Waals surface area contributed by atoms with E-state index in [0.717, 1.165) is 21.7 Å². The van der Waals surface area contributed by atoms with Crippen LogP contribution in [0.4, 0.5) is 0 Å². The van der Waals surface area contributed by atoms with Gasteiger partial charge >= 0.3 is 0 Å². The predicted molar refractivity (Wildman–Crippen MR) is 106 cm³/mol. The summed E-state index contributed by atoms with van der Waals surface area (Å²) in [5.41, 5.74) is 3.63. The van der Waals surface area contributed by atoms with Crippen molar-refractivity contribution in [3.63, 3.8) is 0 Å². The maximum absolute atomic E-state index is 13.2. The van der Waals surface area contributed by atoms with Gasteiger partial charge in [-0.2, -0.15) is 0 Å². The van der Waals surface area contributed by atoms with Gasteiger partial charge in [0.15, 0.2) is 5.82 Å². The van der Waals surface area contributed by atoms with E-state index in [0.29, 0.717) is 22.9 Å². The van der Waals surface area contributed by atoms with Gasteiger partial charge in [0.25, 0.3) is 5.56 Å². The first-order valence-electron chi connectivity index (χ1n) is 8.36. The molecule has 0 saturated heterocycles. The summed E-state index contributed by atoms with van der Waals surface area (Å²) >= 11 is 7.74. The third-order valence-corrected chi connectivity index (χ3v) is 5.44. The van der Waals surface area contributed by atoms with Crippen molar-refractivity contribution in [2.75, 3.05) is 6.26 Å². The number of benzene rings is 1. The number of fused-ring (bicyclic) bond motifs is 1. The summed E-state index contributed by atoms with van der Waals surface area (Å²) in [5.74, 6) is 0.946. The molecule has 6 heteroatoms. The summed E-state index contributed by atoms with van der Waals surface area (Å²) in [6.07, 6.45) is 2.00. The molecule has 25 heavy (non-hydrogen) atoms. The molecule has 1 aromatic carbocycles. The van der Waals surface area contributed by atoms with Gasteiger partial charge in [0, 0.05) is 27.7 Å². The number of nitrogens with zero attached hydrogens (tertiary/aromatic N) is 3. The first-order chi connectivity index (χ1) is 11.9. The molecule has 0 spiro atoms. The number of hydrogen-bond donors (Lipinski definition) is 0. The first-order valence-corrected chi connectivity index (χ1v) is 9.96. The molecule has 0 bridgehead atoms. The number of aryl methyl sites for hydroxylation is 1. The quantitative estimate of drug-likeness (QED) is 0.603. The van der Waals surface area contributed by atoms with Crippen molar-refractivity contribution < 1.29 is 0 Å². The highest BCUT2D eigenvalue weighted by Crippen LogP contribution is 2.32. The second-order valence-corrected chi connectivity index (χ2v) is 7.66. The Labute approximate surface area is 156 Å². The molecule has 2 aromatic heterocycles. The van der Waals surface area contributed by atoms with E-state index < -0.39 is 0 Å². The van der Waals surface area contributed by atoms with E-state index in [-0.39, 0.29) is 11.5 Å². The maximum Gasteiger partial charge on any atom is 0.278 e. The molecule has 0 unspecified atom stereocenters. The zero-order chi connectivity index (χ0) is 18.3. The van der Waals surface area contributed by atoms with Gasteiger partial charge in [0.1, 0.15) is 5.52 Å². The molecule has 3 aromatic rings. The number of aromatic nitrogens is 3. The van der Waals surface area contributed by atoms with Crippen LogP contribution in [0.3, 0.4) is 0 Å². The highest BCUT2D eigenvalue weighted by Gasteiger charge is 2.20. The van der Waals surface area contributed by atoms with Gasteiger partial charge in [0.05, 0.1) is 0 Å². The molecular formula is C19H22ClN3OS. The fraction of sp³-hybridized carbons (Fsp3) is 0.368. The Morgan fingerprint density at radius 3 is 2.60 bits per heavy atom. The molecule has 0 atom stereocenters. The molecule has 0 fully saturated rings. The third kappa shape index (κ3) is 3.00. The van der Waals surface area contributed by atoms with E-state index in [1.165, 1.54) is 0 Å². The number of halogens is 1. The Morgan fingerprint density at radius 2 is 2.00 bits per heavy atom. The number of thioether (sulfide) groups is 1. The third-order valence-electron chi connectivity index (χ3n) is 4.42. The lowest BCUT2D eigenvalue weighted by molar-refractivity contribution is 0.685. The van der Waals surface area contributed by atoms with Gasteiger partial charge in [-0.25, -0.2) is 4.52 Å². The van der Waals surface area contributed by atoms with Crippen LogP contribution in [0.15, 0.2) is 34.0 Å². The highest BCUT2D eigenvalue weighted by molar-refractivity contribution is 7.98. The summed E-state index contributed by atoms with van der Waals surface area (Å²) in [6, 6.07) is 7.76. The summed E-state index contributed by atoms with van der Waals surface area (Å²) < 4.78 is 3.54. The van der Waals surface area contributed by atoms with Gasteiger partial charge in [-0.3, -0.25) is 9.36 Å². The number of rotatable bonds is 4. The molecular weight excluding hydrogens is 354 g/mol. The maximum atomic E-state index is 13.2. The van der Waals surface area contributed by atoms with Crippen LogP contribution in [0.5, 0.6) is 0 Å². The Hall–Kier alpha value is -1.72. The van der Waals surface area contributed by atoms with Crippen molar-refractivity contribution in [2.24, 2.45) is 0 Å². The van der Waals surface area contributed by atoms with Crippen LogP contribution in [0, 0.1) is 6.92 Å². The van der Waals surface area contributed by atoms with Crippen LogP contribution in [-0.4, -0.2) is 20.4 Å². The summed E-state index contributed by atoms with van der Waals surface area (Å²) in [5, 5.41) is 5.52. The SMILES string of the molecule is CCn1c(-c2ccc(Cl)cc2SC)nn2c(C)cc(C(C)C)c2c1=O. The molecule has 132 valence electrons. The molecule has 4 nitrogen and oxygen atoms in total. The minimum atomic E-state index is 0.00584. The average molecular weight is 376 g/mol. The van der Waals surface area contributed by atoms with Crippen LogP contribution in [0.1, 0.15) is 37.9 Å². The molecule has 0 saturated carbocycles. The molecule has 0 N–H and O–H groups in total. The monoisotopic (exact) mass is 375 g/mol. The van der Waals surface area contributed by atoms with Crippen LogP contribution in [0.25, 0.3) is 16.9 Å². The van der Waals surface area contributed by atoms with Gasteiger partial charge in [-0.15, -0.1) is 16.9 Å². The van der Waals surface area contributed by atoms with Gasteiger partial charge in [0.2, 0.25) is 0 Å². The minimum Gasteiger partial charge on any atom is -0.290 e. The van der Waals surface area contributed by atoms with Crippen molar-refractivity contribution in [3.8, 4) is 11.4 Å². The van der Waals surface area contributed by atoms with Crippen molar-refractivity contribution in [3.05, 3.63) is 50.9 Å². The van der Waals surface area contributed by atoms with E-state index in [4.69, 9.17) is 16.7 Å². The van der Waals surface area contributed by atoms with Gasteiger partial charge in [-0.1, -0.05) is 25.4 Å². The largest absolute Gasteiger partial charge is 0.290 e. The van der Waals surface area contributed by atoms with E-state index >= 15 is 0 Å². The molecule has 0 aliphatic rings. The zero-order valence-corrected chi connectivity index (χ0v) is 16.7. The lowest BCUT2D eigenvalue weighted by Crippen LogP contribution is -2.26. The van der Waals surface area contributed by atoms with Gasteiger partial charge in [-0.05, 0) is 55.9 Å². The van der Waals surface area contributed by atoms with Crippen LogP contribution < -0.4 is 5.56 Å². The zero-order valence-electron chi connectivity index (χ0n) is 15.1. The first kappa shape index (κ1) is 18.1. The summed E-state index contributed by atoms with van der Waals surface area (Å²) in [4.78, 5) is 14.2. The van der Waals surface area contributed by atoms with Crippen LogP contribution in [0.2, 0.25) is 5.02 Å². The minimum absolute atomic E-state index is 0.00584. The topological polar surface area (TPSA) is 39.3 Å². The molecule has 2 heterocycles. The van der Waals surface area contributed by atoms with Crippen molar-refractivity contribution in [2.45, 2.75) is 45.1 Å². The highest BCUT2D eigenvalue weighted by atomic mass is 35.5. The Kier molecular flexibility index (Phi) is 4.98. The molecule has 0 amide bonds. The van der Waals surface area contributed by atoms with Crippen molar-refractivity contribution in [1.29, 1.82) is 0 Å². The second-order valence-electron chi connectivity index (χ2n) is 6.37. The predicted octanol–water partition coefficient (Wildman–Crippen LogP) is 4.99. The molecule has 0 aliphatic carbocycles. The second kappa shape index (κ2) is 6.89. The van der Waals surface area contributed by atoms with E-state index in [2.05, 4.69) is 19.9 Å². The molecule has 0 radical (unpaired) electrons. The normalized spacial score (nSPS) is 11.6.